The molecule has 5 nitrogen and oxygen atoms in total. The molecule has 0 aromatic carbocycles. The maximum absolute atomic E-state index is 11.9. The van der Waals surface area contributed by atoms with Gasteiger partial charge in [0, 0.05) is 32.8 Å². The fourth-order valence-corrected chi connectivity index (χ4v) is 2.17. The van der Waals surface area contributed by atoms with Gasteiger partial charge in [-0.25, -0.2) is 0 Å². The first-order valence-corrected chi connectivity index (χ1v) is 6.55. The van der Waals surface area contributed by atoms with Gasteiger partial charge in [-0.1, -0.05) is 0 Å². The maximum Gasteiger partial charge on any atom is 0.327 e. The van der Waals surface area contributed by atoms with Crippen LogP contribution in [0, 0.1) is 0 Å². The van der Waals surface area contributed by atoms with Gasteiger partial charge in [0.2, 0.25) is 0 Å². The van der Waals surface area contributed by atoms with Crippen molar-refractivity contribution < 1.29 is 14.3 Å². The highest BCUT2D eigenvalue weighted by atomic mass is 16.5. The van der Waals surface area contributed by atoms with Crippen LogP contribution >= 0.6 is 0 Å². The number of likely N-dealkylation sites (N-methyl/N-ethyl adjacent to an activating group) is 1. The van der Waals surface area contributed by atoms with E-state index in [1.807, 2.05) is 14.0 Å². The molecule has 18 heavy (non-hydrogen) atoms. The fraction of sp³-hybridized carbons (Fsp3) is 0.923. The lowest BCUT2D eigenvalue weighted by molar-refractivity contribution is -0.148. The Hall–Kier alpha value is -0.650. The van der Waals surface area contributed by atoms with Crippen LogP contribution < -0.4 is 5.32 Å². The summed E-state index contributed by atoms with van der Waals surface area (Å²) in [7, 11) is 5.17. The molecule has 1 rings (SSSR count). The molecule has 1 unspecified atom stereocenters. The standard InChI is InChI=1S/C13H26N2O3/c1-13(12(16)18-4,14-11-6-7-11)10-15(2)8-5-9-17-3/h11,14H,5-10H2,1-4H3. The van der Waals surface area contributed by atoms with E-state index in [0.717, 1.165) is 32.4 Å². The molecule has 0 amide bonds. The molecule has 0 aliphatic heterocycles. The summed E-state index contributed by atoms with van der Waals surface area (Å²) in [5, 5.41) is 3.39. The molecule has 0 spiro atoms. The normalized spacial score (nSPS) is 18.7. The Morgan fingerprint density at radius 1 is 1.44 bits per heavy atom. The molecule has 1 fully saturated rings. The van der Waals surface area contributed by atoms with E-state index in [0.29, 0.717) is 12.6 Å². The monoisotopic (exact) mass is 258 g/mol. The van der Waals surface area contributed by atoms with E-state index in [9.17, 15) is 4.79 Å². The third-order valence-corrected chi connectivity index (χ3v) is 3.21. The molecule has 0 aromatic rings. The average molecular weight is 258 g/mol. The Labute approximate surface area is 110 Å². The van der Waals surface area contributed by atoms with E-state index in [1.165, 1.54) is 7.11 Å². The van der Waals surface area contributed by atoms with Crippen LogP contribution in [-0.2, 0) is 14.3 Å². The molecule has 1 aliphatic carbocycles. The highest BCUT2D eigenvalue weighted by Crippen LogP contribution is 2.23. The van der Waals surface area contributed by atoms with E-state index < -0.39 is 5.54 Å². The van der Waals surface area contributed by atoms with E-state index in [-0.39, 0.29) is 5.97 Å². The SMILES string of the molecule is COCCCN(C)CC(C)(NC1CC1)C(=O)OC. The van der Waals surface area contributed by atoms with Crippen molar-refractivity contribution in [2.45, 2.75) is 37.8 Å². The fourth-order valence-electron chi connectivity index (χ4n) is 2.17. The molecular weight excluding hydrogens is 232 g/mol. The molecule has 5 heteroatoms. The van der Waals surface area contributed by atoms with E-state index >= 15 is 0 Å². The van der Waals surface area contributed by atoms with E-state index in [1.54, 1.807) is 7.11 Å². The Morgan fingerprint density at radius 3 is 2.61 bits per heavy atom. The first kappa shape index (κ1) is 15.4. The molecule has 0 heterocycles. The maximum atomic E-state index is 11.9. The number of nitrogens with zero attached hydrogens (tertiary/aromatic N) is 1. The van der Waals surface area contributed by atoms with Gasteiger partial charge in [-0.2, -0.15) is 0 Å². The smallest absolute Gasteiger partial charge is 0.327 e. The van der Waals surface area contributed by atoms with Gasteiger partial charge in [0.25, 0.3) is 0 Å². The van der Waals surface area contributed by atoms with Crippen molar-refractivity contribution in [2.75, 3.05) is 41.0 Å². The van der Waals surface area contributed by atoms with Gasteiger partial charge in [0.15, 0.2) is 0 Å². The highest BCUT2D eigenvalue weighted by molar-refractivity contribution is 5.80. The number of hydrogen-bond acceptors (Lipinski definition) is 5. The van der Waals surface area contributed by atoms with Gasteiger partial charge >= 0.3 is 5.97 Å². The zero-order valence-electron chi connectivity index (χ0n) is 12.0. The van der Waals surface area contributed by atoms with Crippen molar-refractivity contribution in [2.24, 2.45) is 0 Å². The molecule has 106 valence electrons. The van der Waals surface area contributed by atoms with Crippen LogP contribution in [0.1, 0.15) is 26.2 Å². The van der Waals surface area contributed by atoms with Crippen LogP contribution in [0.2, 0.25) is 0 Å². The van der Waals surface area contributed by atoms with E-state index in [4.69, 9.17) is 9.47 Å². The topological polar surface area (TPSA) is 50.8 Å². The van der Waals surface area contributed by atoms with Gasteiger partial charge in [0.1, 0.15) is 5.54 Å². The number of nitrogens with one attached hydrogen (secondary N) is 1. The second-order valence-electron chi connectivity index (χ2n) is 5.33. The van der Waals surface area contributed by atoms with Crippen molar-refractivity contribution in [1.29, 1.82) is 0 Å². The lowest BCUT2D eigenvalue weighted by Gasteiger charge is -2.32. The Bertz CT molecular complexity index is 269. The Kier molecular flexibility index (Phi) is 6.05. The number of rotatable bonds is 9. The first-order chi connectivity index (χ1) is 8.51. The highest BCUT2D eigenvalue weighted by Gasteiger charge is 2.40. The minimum Gasteiger partial charge on any atom is -0.468 e. The van der Waals surface area contributed by atoms with Crippen LogP contribution in [0.5, 0.6) is 0 Å². The van der Waals surface area contributed by atoms with Crippen molar-refractivity contribution >= 4 is 5.97 Å². The van der Waals surface area contributed by atoms with Crippen LogP contribution in [0.25, 0.3) is 0 Å². The van der Waals surface area contributed by atoms with Gasteiger partial charge in [-0.3, -0.25) is 10.1 Å². The van der Waals surface area contributed by atoms with Crippen molar-refractivity contribution in [1.82, 2.24) is 10.2 Å². The largest absolute Gasteiger partial charge is 0.468 e. The third kappa shape index (κ3) is 4.92. The van der Waals surface area contributed by atoms with Crippen molar-refractivity contribution in [3.63, 3.8) is 0 Å². The van der Waals surface area contributed by atoms with Crippen LogP contribution in [0.4, 0.5) is 0 Å². The van der Waals surface area contributed by atoms with Crippen molar-refractivity contribution in [3.8, 4) is 0 Å². The molecule has 1 saturated carbocycles. The van der Waals surface area contributed by atoms with Gasteiger partial charge in [-0.15, -0.1) is 0 Å². The van der Waals surface area contributed by atoms with Gasteiger partial charge in [-0.05, 0) is 33.2 Å². The minimum atomic E-state index is -0.613. The second kappa shape index (κ2) is 7.07. The average Bonchev–Trinajstić information content (AvgIpc) is 3.11. The molecular formula is C13H26N2O3. The predicted octanol–water partition coefficient (Wildman–Crippen LogP) is 0.638. The molecule has 1 atom stereocenters. The minimum absolute atomic E-state index is 0.187. The number of ether oxygens (including phenoxy) is 2. The lowest BCUT2D eigenvalue weighted by Crippen LogP contribution is -2.57. The number of carbonyl (C=O) groups excluding carboxylic acids is 1. The Balaban J connectivity index is 2.46. The predicted molar refractivity (Wildman–Crippen MR) is 70.6 cm³/mol. The summed E-state index contributed by atoms with van der Waals surface area (Å²) in [6.07, 6.45) is 3.27. The van der Waals surface area contributed by atoms with Gasteiger partial charge in [0.05, 0.1) is 7.11 Å². The number of esters is 1. The molecule has 0 radical (unpaired) electrons. The summed E-state index contributed by atoms with van der Waals surface area (Å²) in [6.45, 7) is 4.23. The molecule has 1 aliphatic rings. The summed E-state index contributed by atoms with van der Waals surface area (Å²) < 4.78 is 9.95. The molecule has 0 aromatic heterocycles. The number of carbonyl (C=O) groups is 1. The third-order valence-electron chi connectivity index (χ3n) is 3.21. The summed E-state index contributed by atoms with van der Waals surface area (Å²) in [5.41, 5.74) is -0.613. The second-order valence-corrected chi connectivity index (χ2v) is 5.33. The molecule has 1 N–H and O–H groups in total. The summed E-state index contributed by atoms with van der Waals surface area (Å²) in [5.74, 6) is -0.187. The van der Waals surface area contributed by atoms with Crippen molar-refractivity contribution in [3.05, 3.63) is 0 Å². The summed E-state index contributed by atoms with van der Waals surface area (Å²) in [4.78, 5) is 14.1. The zero-order valence-corrected chi connectivity index (χ0v) is 12.0. The summed E-state index contributed by atoms with van der Waals surface area (Å²) >= 11 is 0. The zero-order chi connectivity index (χ0) is 13.6. The first-order valence-electron chi connectivity index (χ1n) is 6.55. The molecule has 0 bridgehead atoms. The summed E-state index contributed by atoms with van der Waals surface area (Å²) in [6, 6.07) is 0.474. The van der Waals surface area contributed by atoms with Crippen LogP contribution in [0.15, 0.2) is 0 Å². The number of methoxy groups -OCH3 is 2. The van der Waals surface area contributed by atoms with Gasteiger partial charge < -0.3 is 14.4 Å². The number of hydrogen-bond donors (Lipinski definition) is 1. The van der Waals surface area contributed by atoms with Crippen LogP contribution in [0.3, 0.4) is 0 Å². The van der Waals surface area contributed by atoms with E-state index in [2.05, 4.69) is 10.2 Å². The lowest BCUT2D eigenvalue weighted by atomic mass is 10.0. The molecule has 0 saturated heterocycles. The quantitative estimate of drug-likeness (QED) is 0.486. The van der Waals surface area contributed by atoms with Crippen LogP contribution in [-0.4, -0.2) is 63.4 Å². The Morgan fingerprint density at radius 2 is 2.11 bits per heavy atom.